The maximum absolute atomic E-state index is 5.02. The topological polar surface area (TPSA) is 29.9 Å². The summed E-state index contributed by atoms with van der Waals surface area (Å²) in [5.74, 6) is 1.30. The Morgan fingerprint density at radius 2 is 2.05 bits per heavy atom. The number of nitrogens with zero attached hydrogens (tertiary/aromatic N) is 2. The van der Waals surface area contributed by atoms with Gasteiger partial charge < -0.3 is 9.88 Å². The minimum Gasteiger partial charge on any atom is -0.330 e. The highest BCUT2D eigenvalue weighted by molar-refractivity contribution is 5.79. The van der Waals surface area contributed by atoms with Crippen LogP contribution in [0, 0.1) is 6.92 Å². The molecule has 3 nitrogen and oxygen atoms in total. The second-order valence-electron chi connectivity index (χ2n) is 6.22. The molecule has 3 rings (SSSR count). The third kappa shape index (κ3) is 2.05. The zero-order valence-corrected chi connectivity index (χ0v) is 12.9. The zero-order chi connectivity index (χ0) is 14.2. The molecule has 1 fully saturated rings. The molecule has 20 heavy (non-hydrogen) atoms. The number of fused-ring (bicyclic) bond motifs is 1. The molecule has 0 aliphatic carbocycles. The van der Waals surface area contributed by atoms with Crippen LogP contribution >= 0.6 is 0 Å². The zero-order valence-electron chi connectivity index (χ0n) is 12.9. The van der Waals surface area contributed by atoms with E-state index in [1.165, 1.54) is 42.6 Å². The van der Waals surface area contributed by atoms with Gasteiger partial charge in [-0.3, -0.25) is 0 Å². The van der Waals surface area contributed by atoms with Gasteiger partial charge in [-0.25, -0.2) is 4.98 Å². The molecule has 0 amide bonds. The van der Waals surface area contributed by atoms with Crippen LogP contribution in [0.2, 0.25) is 0 Å². The fourth-order valence-electron chi connectivity index (χ4n) is 3.91. The lowest BCUT2D eigenvalue weighted by molar-refractivity contribution is 0.266. The summed E-state index contributed by atoms with van der Waals surface area (Å²) in [5.41, 5.74) is 4.04. The molecule has 0 bridgehead atoms. The minimum absolute atomic E-state index is 0.264. The van der Waals surface area contributed by atoms with Crippen LogP contribution in [-0.2, 0) is 12.5 Å². The Bertz CT molecular complexity index is 600. The fraction of sp³-hybridized carbons (Fsp3) is 0.588. The lowest BCUT2D eigenvalue weighted by Gasteiger charge is -2.37. The maximum Gasteiger partial charge on any atom is 0.115 e. The first kappa shape index (κ1) is 13.6. The van der Waals surface area contributed by atoms with Crippen LogP contribution < -0.4 is 5.32 Å². The summed E-state index contributed by atoms with van der Waals surface area (Å²) in [6.07, 6.45) is 4.88. The molecule has 2 aromatic rings. The summed E-state index contributed by atoms with van der Waals surface area (Å²) in [7, 11) is 2.19. The highest BCUT2D eigenvalue weighted by atomic mass is 15.1. The van der Waals surface area contributed by atoms with Gasteiger partial charge in [0, 0.05) is 12.5 Å². The SMILES string of the molecule is CCCC1(c2nc3cccc(C)c3n2C)CCNCC1. The van der Waals surface area contributed by atoms with Crippen molar-refractivity contribution in [2.24, 2.45) is 7.05 Å². The van der Waals surface area contributed by atoms with Gasteiger partial charge in [0.15, 0.2) is 0 Å². The van der Waals surface area contributed by atoms with Gasteiger partial charge in [0.05, 0.1) is 11.0 Å². The average molecular weight is 271 g/mol. The molecule has 0 spiro atoms. The van der Waals surface area contributed by atoms with E-state index in [2.05, 4.69) is 49.0 Å². The Balaban J connectivity index is 2.16. The first-order chi connectivity index (χ1) is 9.68. The van der Waals surface area contributed by atoms with Gasteiger partial charge in [0.1, 0.15) is 5.82 Å². The number of hydrogen-bond acceptors (Lipinski definition) is 2. The Morgan fingerprint density at radius 1 is 1.30 bits per heavy atom. The maximum atomic E-state index is 5.02. The van der Waals surface area contributed by atoms with E-state index in [9.17, 15) is 0 Å². The molecule has 0 saturated carbocycles. The predicted octanol–water partition coefficient (Wildman–Crippen LogP) is 3.30. The monoisotopic (exact) mass is 271 g/mol. The van der Waals surface area contributed by atoms with E-state index in [0.717, 1.165) is 18.6 Å². The van der Waals surface area contributed by atoms with Gasteiger partial charge in [0.2, 0.25) is 0 Å². The minimum atomic E-state index is 0.264. The molecule has 1 aliphatic heterocycles. The van der Waals surface area contributed by atoms with E-state index in [1.54, 1.807) is 0 Å². The van der Waals surface area contributed by atoms with Gasteiger partial charge in [0.25, 0.3) is 0 Å². The number of imidazole rings is 1. The van der Waals surface area contributed by atoms with E-state index in [4.69, 9.17) is 4.98 Å². The smallest absolute Gasteiger partial charge is 0.115 e. The van der Waals surface area contributed by atoms with Gasteiger partial charge >= 0.3 is 0 Å². The van der Waals surface area contributed by atoms with Crippen molar-refractivity contribution in [2.75, 3.05) is 13.1 Å². The first-order valence-electron chi connectivity index (χ1n) is 7.81. The molecule has 1 saturated heterocycles. The number of aryl methyl sites for hydroxylation is 2. The Kier molecular flexibility index (Phi) is 3.55. The number of rotatable bonds is 3. The Hall–Kier alpha value is -1.35. The van der Waals surface area contributed by atoms with Gasteiger partial charge in [-0.2, -0.15) is 0 Å². The largest absolute Gasteiger partial charge is 0.330 e. The first-order valence-corrected chi connectivity index (χ1v) is 7.81. The van der Waals surface area contributed by atoms with E-state index in [-0.39, 0.29) is 5.41 Å². The van der Waals surface area contributed by atoms with Crippen molar-refractivity contribution >= 4 is 11.0 Å². The van der Waals surface area contributed by atoms with Crippen LogP contribution in [0.1, 0.15) is 44.0 Å². The van der Waals surface area contributed by atoms with Crippen LogP contribution in [0.25, 0.3) is 11.0 Å². The number of hydrogen-bond donors (Lipinski definition) is 1. The lowest BCUT2D eigenvalue weighted by Crippen LogP contribution is -2.41. The summed E-state index contributed by atoms with van der Waals surface area (Å²) in [4.78, 5) is 5.02. The molecule has 1 N–H and O–H groups in total. The quantitative estimate of drug-likeness (QED) is 0.928. The van der Waals surface area contributed by atoms with Crippen LogP contribution in [0.5, 0.6) is 0 Å². The molecule has 1 aliphatic rings. The van der Waals surface area contributed by atoms with Crippen LogP contribution in [-0.4, -0.2) is 22.6 Å². The number of nitrogens with one attached hydrogen (secondary N) is 1. The Labute approximate surface area is 121 Å². The van der Waals surface area contributed by atoms with Crippen molar-refractivity contribution in [3.63, 3.8) is 0 Å². The molecule has 108 valence electrons. The van der Waals surface area contributed by atoms with Crippen molar-refractivity contribution in [1.82, 2.24) is 14.9 Å². The standard InChI is InChI=1S/C17H25N3/c1-4-8-17(9-11-18-12-10-17)16-19-14-7-5-6-13(2)15(14)20(16)3/h5-7,18H,4,8-12H2,1-3H3. The molecule has 3 heteroatoms. The normalized spacial score (nSPS) is 18.6. The summed E-state index contributed by atoms with van der Waals surface area (Å²) in [6.45, 7) is 6.70. The Morgan fingerprint density at radius 3 is 2.70 bits per heavy atom. The van der Waals surface area contributed by atoms with E-state index in [1.807, 2.05) is 0 Å². The molecule has 0 atom stereocenters. The van der Waals surface area contributed by atoms with Crippen LogP contribution in [0.4, 0.5) is 0 Å². The third-order valence-corrected chi connectivity index (χ3v) is 4.86. The van der Waals surface area contributed by atoms with E-state index in [0.29, 0.717) is 0 Å². The average Bonchev–Trinajstić information content (AvgIpc) is 2.79. The number of benzene rings is 1. The molecule has 1 aromatic carbocycles. The van der Waals surface area contributed by atoms with Crippen molar-refractivity contribution in [1.29, 1.82) is 0 Å². The van der Waals surface area contributed by atoms with E-state index < -0.39 is 0 Å². The number of para-hydroxylation sites is 1. The summed E-state index contributed by atoms with van der Waals surface area (Å²) >= 11 is 0. The van der Waals surface area contributed by atoms with Crippen molar-refractivity contribution in [3.8, 4) is 0 Å². The molecule has 0 radical (unpaired) electrons. The highest BCUT2D eigenvalue weighted by Gasteiger charge is 2.37. The second-order valence-corrected chi connectivity index (χ2v) is 6.22. The summed E-state index contributed by atoms with van der Waals surface area (Å²) in [5, 5.41) is 3.50. The van der Waals surface area contributed by atoms with Gasteiger partial charge in [-0.15, -0.1) is 0 Å². The van der Waals surface area contributed by atoms with E-state index >= 15 is 0 Å². The summed E-state index contributed by atoms with van der Waals surface area (Å²) < 4.78 is 2.35. The van der Waals surface area contributed by atoms with Gasteiger partial charge in [-0.1, -0.05) is 25.5 Å². The lowest BCUT2D eigenvalue weighted by atomic mass is 9.74. The number of piperidine rings is 1. The van der Waals surface area contributed by atoms with Gasteiger partial charge in [-0.05, 0) is 50.9 Å². The number of aromatic nitrogens is 2. The third-order valence-electron chi connectivity index (χ3n) is 4.86. The second kappa shape index (κ2) is 5.21. The molecule has 2 heterocycles. The highest BCUT2D eigenvalue weighted by Crippen LogP contribution is 2.38. The van der Waals surface area contributed by atoms with Crippen molar-refractivity contribution in [2.45, 2.75) is 44.9 Å². The molecular weight excluding hydrogens is 246 g/mol. The van der Waals surface area contributed by atoms with Crippen molar-refractivity contribution in [3.05, 3.63) is 29.6 Å². The van der Waals surface area contributed by atoms with Crippen LogP contribution in [0.3, 0.4) is 0 Å². The summed E-state index contributed by atoms with van der Waals surface area (Å²) in [6, 6.07) is 6.44. The fourth-order valence-corrected chi connectivity index (χ4v) is 3.91. The molecule has 0 unspecified atom stereocenters. The van der Waals surface area contributed by atoms with Crippen LogP contribution in [0.15, 0.2) is 18.2 Å². The molecular formula is C17H25N3. The molecule has 1 aromatic heterocycles. The predicted molar refractivity (Wildman–Crippen MR) is 84.1 cm³/mol. The van der Waals surface area contributed by atoms with Crippen molar-refractivity contribution < 1.29 is 0 Å².